The van der Waals surface area contributed by atoms with E-state index in [0.29, 0.717) is 16.3 Å². The Hall–Kier alpha value is -3.99. The number of benzene rings is 4. The van der Waals surface area contributed by atoms with E-state index in [1.54, 1.807) is 12.1 Å². The monoisotopic (exact) mass is 381 g/mol. The number of hydrogen-bond donors (Lipinski definition) is 1. The number of aromatic amines is 1. The standard InChI is InChI=1S/C24H15NO4/c1-29-24(28)14-3-2-13-4-5-15-16-7-9-19-22(21(26)10-11-25-23(19)27)18(16)8-6-17(15)20(13)12-14/h2-12H,1H3,(H,25,27). The molecule has 5 nitrogen and oxygen atoms in total. The number of rotatable bonds is 1. The first-order valence-electron chi connectivity index (χ1n) is 9.11. The summed E-state index contributed by atoms with van der Waals surface area (Å²) < 4.78 is 4.84. The molecule has 5 aromatic rings. The number of aromatic nitrogens is 1. The first-order chi connectivity index (χ1) is 14.1. The number of H-pyrrole nitrogens is 1. The molecule has 1 heterocycles. The minimum atomic E-state index is -0.390. The quantitative estimate of drug-likeness (QED) is 0.350. The van der Waals surface area contributed by atoms with E-state index in [2.05, 4.69) is 4.98 Å². The van der Waals surface area contributed by atoms with E-state index in [0.717, 1.165) is 32.3 Å². The molecule has 29 heavy (non-hydrogen) atoms. The molecule has 0 amide bonds. The fourth-order valence-corrected chi connectivity index (χ4v) is 4.01. The molecule has 4 aromatic carbocycles. The molecule has 0 aliphatic rings. The summed E-state index contributed by atoms with van der Waals surface area (Å²) in [6, 6.07) is 18.2. The van der Waals surface area contributed by atoms with Crippen LogP contribution >= 0.6 is 0 Å². The van der Waals surface area contributed by atoms with Gasteiger partial charge in [-0.05, 0) is 50.5 Å². The van der Waals surface area contributed by atoms with Crippen LogP contribution in [0.1, 0.15) is 10.4 Å². The van der Waals surface area contributed by atoms with Gasteiger partial charge in [0, 0.05) is 17.6 Å². The number of carbonyl (C=O) groups excluding carboxylic acids is 1. The van der Waals surface area contributed by atoms with Crippen molar-refractivity contribution < 1.29 is 9.53 Å². The summed E-state index contributed by atoms with van der Waals surface area (Å²) in [5.74, 6) is -0.390. The van der Waals surface area contributed by atoms with E-state index < -0.39 is 5.97 Å². The summed E-state index contributed by atoms with van der Waals surface area (Å²) in [7, 11) is 1.36. The number of ether oxygens (including phenoxy) is 1. The molecule has 1 aromatic heterocycles. The lowest BCUT2D eigenvalue weighted by molar-refractivity contribution is 0.0601. The second-order valence-corrected chi connectivity index (χ2v) is 6.91. The van der Waals surface area contributed by atoms with Gasteiger partial charge in [0.05, 0.1) is 18.1 Å². The van der Waals surface area contributed by atoms with Crippen molar-refractivity contribution in [1.29, 1.82) is 0 Å². The molecule has 0 bridgehead atoms. The average Bonchev–Trinajstić information content (AvgIpc) is 2.90. The summed E-state index contributed by atoms with van der Waals surface area (Å²) >= 11 is 0. The van der Waals surface area contributed by atoms with Gasteiger partial charge < -0.3 is 9.72 Å². The summed E-state index contributed by atoms with van der Waals surface area (Å²) in [5, 5.41) is 6.19. The third kappa shape index (κ3) is 2.51. The van der Waals surface area contributed by atoms with Gasteiger partial charge in [-0.25, -0.2) is 4.79 Å². The Bertz CT molecular complexity index is 1600. The van der Waals surface area contributed by atoms with Crippen LogP contribution < -0.4 is 11.0 Å². The number of esters is 1. The van der Waals surface area contributed by atoms with E-state index in [1.807, 2.05) is 42.5 Å². The highest BCUT2D eigenvalue weighted by molar-refractivity contribution is 6.22. The molecule has 0 atom stereocenters. The maximum atomic E-state index is 12.6. The second-order valence-electron chi connectivity index (χ2n) is 6.91. The molecule has 5 rings (SSSR count). The molecule has 0 saturated carbocycles. The number of hydrogen-bond acceptors (Lipinski definition) is 4. The molecule has 5 heteroatoms. The molecule has 0 fully saturated rings. The second kappa shape index (κ2) is 6.27. The van der Waals surface area contributed by atoms with Crippen molar-refractivity contribution in [3.05, 3.63) is 93.0 Å². The van der Waals surface area contributed by atoms with E-state index in [4.69, 9.17) is 4.74 Å². The van der Waals surface area contributed by atoms with Gasteiger partial charge in [-0.1, -0.05) is 36.4 Å². The highest BCUT2D eigenvalue weighted by Gasteiger charge is 2.12. The van der Waals surface area contributed by atoms with Crippen LogP contribution in [0.4, 0.5) is 0 Å². The molecule has 0 aliphatic heterocycles. The van der Waals surface area contributed by atoms with Gasteiger partial charge in [0.1, 0.15) is 0 Å². The Morgan fingerprint density at radius 2 is 1.38 bits per heavy atom. The lowest BCUT2D eigenvalue weighted by atomic mass is 9.94. The van der Waals surface area contributed by atoms with Crippen LogP contribution in [0, 0.1) is 0 Å². The smallest absolute Gasteiger partial charge is 0.337 e. The summed E-state index contributed by atoms with van der Waals surface area (Å²) in [4.78, 5) is 39.5. The number of methoxy groups -OCH3 is 1. The van der Waals surface area contributed by atoms with Crippen molar-refractivity contribution in [2.45, 2.75) is 0 Å². The lowest BCUT2D eigenvalue weighted by Crippen LogP contribution is -2.03. The molecule has 1 N–H and O–H groups in total. The van der Waals surface area contributed by atoms with Crippen LogP contribution in [-0.4, -0.2) is 18.1 Å². The predicted octanol–water partition coefficient (Wildman–Crippen LogP) is 4.13. The van der Waals surface area contributed by atoms with Crippen LogP contribution in [-0.2, 0) is 4.74 Å². The summed E-state index contributed by atoms with van der Waals surface area (Å²) in [5.41, 5.74) is -0.0334. The van der Waals surface area contributed by atoms with Crippen LogP contribution in [0.2, 0.25) is 0 Å². The fraction of sp³-hybridized carbons (Fsp3) is 0.0417. The zero-order chi connectivity index (χ0) is 20.1. The van der Waals surface area contributed by atoms with Crippen molar-refractivity contribution in [1.82, 2.24) is 4.98 Å². The van der Waals surface area contributed by atoms with E-state index >= 15 is 0 Å². The topological polar surface area (TPSA) is 76.2 Å². The van der Waals surface area contributed by atoms with E-state index in [1.165, 1.54) is 19.4 Å². The third-order valence-electron chi connectivity index (χ3n) is 5.38. The maximum absolute atomic E-state index is 12.6. The highest BCUT2D eigenvalue weighted by atomic mass is 16.5. The molecular formula is C24H15NO4. The van der Waals surface area contributed by atoms with E-state index in [-0.39, 0.29) is 11.0 Å². The molecule has 0 radical (unpaired) electrons. The van der Waals surface area contributed by atoms with Crippen LogP contribution in [0.5, 0.6) is 0 Å². The largest absolute Gasteiger partial charge is 0.465 e. The van der Waals surface area contributed by atoms with Gasteiger partial charge in [-0.3, -0.25) is 9.59 Å². The molecular weight excluding hydrogens is 366 g/mol. The average molecular weight is 381 g/mol. The molecule has 0 unspecified atom stereocenters. The van der Waals surface area contributed by atoms with Gasteiger partial charge >= 0.3 is 5.97 Å². The minimum absolute atomic E-state index is 0.211. The van der Waals surface area contributed by atoms with Gasteiger partial charge in [-0.15, -0.1) is 0 Å². The Kier molecular flexibility index (Phi) is 3.71. The van der Waals surface area contributed by atoms with Gasteiger partial charge in [-0.2, -0.15) is 0 Å². The Morgan fingerprint density at radius 1 is 0.759 bits per heavy atom. The lowest BCUT2D eigenvalue weighted by Gasteiger charge is -2.09. The van der Waals surface area contributed by atoms with Crippen molar-refractivity contribution in [3.8, 4) is 0 Å². The van der Waals surface area contributed by atoms with E-state index in [9.17, 15) is 14.4 Å². The molecule has 140 valence electrons. The number of carbonyl (C=O) groups is 1. The van der Waals surface area contributed by atoms with Crippen molar-refractivity contribution in [2.24, 2.45) is 0 Å². The van der Waals surface area contributed by atoms with Crippen molar-refractivity contribution >= 4 is 49.1 Å². The van der Waals surface area contributed by atoms with Gasteiger partial charge in [0.15, 0.2) is 5.43 Å². The Morgan fingerprint density at radius 3 is 2.17 bits per heavy atom. The third-order valence-corrected chi connectivity index (χ3v) is 5.38. The zero-order valence-corrected chi connectivity index (χ0v) is 15.5. The molecule has 0 aliphatic carbocycles. The fourth-order valence-electron chi connectivity index (χ4n) is 4.01. The predicted molar refractivity (Wildman–Crippen MR) is 115 cm³/mol. The normalized spacial score (nSPS) is 11.3. The molecule has 0 saturated heterocycles. The Balaban J connectivity index is 1.96. The minimum Gasteiger partial charge on any atom is -0.465 e. The highest BCUT2D eigenvalue weighted by Crippen LogP contribution is 2.33. The van der Waals surface area contributed by atoms with Crippen molar-refractivity contribution in [3.63, 3.8) is 0 Å². The summed E-state index contributed by atoms with van der Waals surface area (Å²) in [6.07, 6.45) is 1.37. The number of nitrogens with one attached hydrogen (secondary N) is 1. The van der Waals surface area contributed by atoms with Crippen LogP contribution in [0.25, 0.3) is 43.1 Å². The van der Waals surface area contributed by atoms with Crippen LogP contribution in [0.3, 0.4) is 0 Å². The first kappa shape index (κ1) is 17.1. The van der Waals surface area contributed by atoms with Gasteiger partial charge in [0.25, 0.3) is 5.56 Å². The zero-order valence-electron chi connectivity index (χ0n) is 15.5. The van der Waals surface area contributed by atoms with Crippen molar-refractivity contribution in [2.75, 3.05) is 7.11 Å². The maximum Gasteiger partial charge on any atom is 0.337 e. The SMILES string of the molecule is COC(=O)c1ccc2ccc3c(ccc4c3ccc3c(=O)[nH]ccc(=O)c34)c2c1. The molecule has 0 spiro atoms. The summed E-state index contributed by atoms with van der Waals surface area (Å²) in [6.45, 7) is 0. The number of fused-ring (bicyclic) bond motifs is 7. The van der Waals surface area contributed by atoms with Crippen LogP contribution in [0.15, 0.2) is 76.4 Å². The first-order valence-corrected chi connectivity index (χ1v) is 9.11. The Labute approximate surface area is 164 Å². The van der Waals surface area contributed by atoms with Gasteiger partial charge in [0.2, 0.25) is 0 Å².